The first-order valence-corrected chi connectivity index (χ1v) is 9.41. The van der Waals surface area contributed by atoms with E-state index in [-0.39, 0.29) is 0 Å². The molecule has 0 amide bonds. The number of anilines is 2. The fraction of sp³-hybridized carbons (Fsp3) is 0.364. The number of benzene rings is 2. The fourth-order valence-corrected chi connectivity index (χ4v) is 3.29. The summed E-state index contributed by atoms with van der Waals surface area (Å²) in [6, 6.07) is 14.0. The standard InChI is InChI=1S/C22H26F3N3/c1-26(2)20-10-8-18(9-11-20)5-4-12-27-13-15-28(16-14-27)21-7-3-6-19(17-21)22(23,24)25/h3-11,17H,12-16H2,1-2H3. The van der Waals surface area contributed by atoms with E-state index in [0.29, 0.717) is 5.69 Å². The van der Waals surface area contributed by atoms with Gasteiger partial charge >= 0.3 is 6.18 Å². The van der Waals surface area contributed by atoms with Crippen LogP contribution in [0.5, 0.6) is 0 Å². The molecule has 0 aliphatic carbocycles. The van der Waals surface area contributed by atoms with Gasteiger partial charge in [0, 0.05) is 58.2 Å². The Bertz CT molecular complexity index is 789. The van der Waals surface area contributed by atoms with Gasteiger partial charge in [0.05, 0.1) is 5.56 Å². The monoisotopic (exact) mass is 389 g/mol. The molecule has 0 bridgehead atoms. The van der Waals surface area contributed by atoms with Crippen molar-refractivity contribution in [2.45, 2.75) is 6.18 Å². The van der Waals surface area contributed by atoms with E-state index in [1.54, 1.807) is 6.07 Å². The minimum absolute atomic E-state index is 0.587. The number of rotatable bonds is 5. The first kappa shape index (κ1) is 20.3. The van der Waals surface area contributed by atoms with Crippen molar-refractivity contribution in [2.24, 2.45) is 0 Å². The molecular formula is C22H26F3N3. The Morgan fingerprint density at radius 1 is 0.964 bits per heavy atom. The first-order chi connectivity index (χ1) is 13.3. The highest BCUT2D eigenvalue weighted by Crippen LogP contribution is 2.31. The maximum atomic E-state index is 12.9. The molecule has 3 rings (SSSR count). The predicted molar refractivity (Wildman–Crippen MR) is 110 cm³/mol. The summed E-state index contributed by atoms with van der Waals surface area (Å²) >= 11 is 0. The molecule has 1 aliphatic rings. The largest absolute Gasteiger partial charge is 0.416 e. The van der Waals surface area contributed by atoms with E-state index in [4.69, 9.17) is 0 Å². The summed E-state index contributed by atoms with van der Waals surface area (Å²) in [4.78, 5) is 6.40. The Labute approximate surface area is 164 Å². The third-order valence-electron chi connectivity index (χ3n) is 4.99. The van der Waals surface area contributed by atoms with E-state index in [9.17, 15) is 13.2 Å². The average Bonchev–Trinajstić information content (AvgIpc) is 2.68. The van der Waals surface area contributed by atoms with Crippen LogP contribution < -0.4 is 9.80 Å². The molecule has 1 aliphatic heterocycles. The van der Waals surface area contributed by atoms with Gasteiger partial charge in [-0.1, -0.05) is 30.4 Å². The molecule has 0 N–H and O–H groups in total. The second-order valence-electron chi connectivity index (χ2n) is 7.22. The van der Waals surface area contributed by atoms with Gasteiger partial charge in [0.2, 0.25) is 0 Å². The van der Waals surface area contributed by atoms with Crippen LogP contribution in [-0.4, -0.2) is 51.7 Å². The summed E-state index contributed by atoms with van der Waals surface area (Å²) < 4.78 is 38.7. The highest BCUT2D eigenvalue weighted by Gasteiger charge is 2.31. The summed E-state index contributed by atoms with van der Waals surface area (Å²) in [5.74, 6) is 0. The summed E-state index contributed by atoms with van der Waals surface area (Å²) in [5.41, 5.74) is 2.39. The van der Waals surface area contributed by atoms with Crippen LogP contribution in [-0.2, 0) is 6.18 Å². The van der Waals surface area contributed by atoms with Crippen molar-refractivity contribution in [3.8, 4) is 0 Å². The van der Waals surface area contributed by atoms with Gasteiger partial charge in [-0.15, -0.1) is 0 Å². The lowest BCUT2D eigenvalue weighted by atomic mass is 10.1. The molecule has 0 aromatic heterocycles. The number of piperazine rings is 1. The maximum Gasteiger partial charge on any atom is 0.416 e. The maximum absolute atomic E-state index is 12.9. The number of hydrogen-bond donors (Lipinski definition) is 0. The molecule has 3 nitrogen and oxygen atoms in total. The van der Waals surface area contributed by atoms with E-state index in [1.165, 1.54) is 17.8 Å². The zero-order chi connectivity index (χ0) is 20.1. The third kappa shape index (κ3) is 5.29. The molecule has 0 unspecified atom stereocenters. The van der Waals surface area contributed by atoms with Crippen molar-refractivity contribution in [1.82, 2.24) is 4.90 Å². The Balaban J connectivity index is 1.50. The van der Waals surface area contributed by atoms with Crippen molar-refractivity contribution < 1.29 is 13.2 Å². The third-order valence-corrected chi connectivity index (χ3v) is 4.99. The topological polar surface area (TPSA) is 9.72 Å². The number of nitrogens with zero attached hydrogens (tertiary/aromatic N) is 3. The second-order valence-corrected chi connectivity index (χ2v) is 7.22. The molecule has 2 aromatic carbocycles. The normalized spacial score (nSPS) is 16.0. The smallest absolute Gasteiger partial charge is 0.378 e. The van der Waals surface area contributed by atoms with Crippen molar-refractivity contribution in [3.63, 3.8) is 0 Å². The molecule has 150 valence electrons. The van der Waals surface area contributed by atoms with Crippen LogP contribution in [0.25, 0.3) is 6.08 Å². The Morgan fingerprint density at radius 3 is 2.25 bits per heavy atom. The van der Waals surface area contributed by atoms with Gasteiger partial charge in [0.15, 0.2) is 0 Å². The van der Waals surface area contributed by atoms with Crippen LogP contribution >= 0.6 is 0 Å². The van der Waals surface area contributed by atoms with Crippen LogP contribution in [0.4, 0.5) is 24.5 Å². The van der Waals surface area contributed by atoms with Crippen LogP contribution in [0, 0.1) is 0 Å². The summed E-state index contributed by atoms with van der Waals surface area (Å²) in [5, 5.41) is 0. The lowest BCUT2D eigenvalue weighted by Crippen LogP contribution is -2.46. The minimum Gasteiger partial charge on any atom is -0.378 e. The predicted octanol–water partition coefficient (Wildman–Crippen LogP) is 4.61. The Morgan fingerprint density at radius 2 is 1.64 bits per heavy atom. The summed E-state index contributed by atoms with van der Waals surface area (Å²) in [7, 11) is 4.04. The quantitative estimate of drug-likeness (QED) is 0.740. The highest BCUT2D eigenvalue weighted by molar-refractivity contribution is 5.55. The number of alkyl halides is 3. The van der Waals surface area contributed by atoms with Gasteiger partial charge in [0.1, 0.15) is 0 Å². The van der Waals surface area contributed by atoms with Gasteiger partial charge in [0.25, 0.3) is 0 Å². The lowest BCUT2D eigenvalue weighted by molar-refractivity contribution is -0.137. The molecular weight excluding hydrogens is 363 g/mol. The van der Waals surface area contributed by atoms with Crippen LogP contribution in [0.3, 0.4) is 0 Å². The van der Waals surface area contributed by atoms with Gasteiger partial charge < -0.3 is 9.80 Å². The summed E-state index contributed by atoms with van der Waals surface area (Å²) in [6.45, 7) is 3.96. The van der Waals surface area contributed by atoms with E-state index in [0.717, 1.165) is 44.4 Å². The van der Waals surface area contributed by atoms with E-state index in [1.807, 2.05) is 19.0 Å². The number of halogens is 3. The minimum atomic E-state index is -4.30. The molecule has 6 heteroatoms. The van der Waals surface area contributed by atoms with E-state index >= 15 is 0 Å². The highest BCUT2D eigenvalue weighted by atomic mass is 19.4. The Kier molecular flexibility index (Phi) is 6.29. The second kappa shape index (κ2) is 8.69. The molecule has 0 atom stereocenters. The van der Waals surface area contributed by atoms with Gasteiger partial charge in [-0.05, 0) is 35.9 Å². The molecule has 0 saturated carbocycles. The van der Waals surface area contributed by atoms with Crippen molar-refractivity contribution >= 4 is 17.5 Å². The van der Waals surface area contributed by atoms with Gasteiger partial charge in [-0.25, -0.2) is 0 Å². The van der Waals surface area contributed by atoms with Crippen molar-refractivity contribution in [1.29, 1.82) is 0 Å². The van der Waals surface area contributed by atoms with Crippen LogP contribution in [0.15, 0.2) is 54.6 Å². The number of hydrogen-bond acceptors (Lipinski definition) is 3. The molecule has 1 saturated heterocycles. The van der Waals surface area contributed by atoms with Crippen LogP contribution in [0.1, 0.15) is 11.1 Å². The summed E-state index contributed by atoms with van der Waals surface area (Å²) in [6.07, 6.45) is -0.0450. The van der Waals surface area contributed by atoms with Crippen LogP contribution in [0.2, 0.25) is 0 Å². The molecule has 0 spiro atoms. The fourth-order valence-electron chi connectivity index (χ4n) is 3.29. The molecule has 0 radical (unpaired) electrons. The van der Waals surface area contributed by atoms with Gasteiger partial charge in [-0.2, -0.15) is 13.2 Å². The van der Waals surface area contributed by atoms with Gasteiger partial charge in [-0.3, -0.25) is 4.90 Å². The van der Waals surface area contributed by atoms with Crippen molar-refractivity contribution in [2.75, 3.05) is 56.6 Å². The van der Waals surface area contributed by atoms with Crippen molar-refractivity contribution in [3.05, 3.63) is 65.7 Å². The molecule has 1 fully saturated rings. The Hall–Kier alpha value is -2.47. The molecule has 2 aromatic rings. The first-order valence-electron chi connectivity index (χ1n) is 9.41. The zero-order valence-corrected chi connectivity index (χ0v) is 16.3. The lowest BCUT2D eigenvalue weighted by Gasteiger charge is -2.35. The van der Waals surface area contributed by atoms with E-state index in [2.05, 4.69) is 46.2 Å². The molecule has 28 heavy (non-hydrogen) atoms. The SMILES string of the molecule is CN(C)c1ccc(C=CCN2CCN(c3cccc(C(F)(F)F)c3)CC2)cc1. The average molecular weight is 389 g/mol. The molecule has 1 heterocycles. The van der Waals surface area contributed by atoms with E-state index < -0.39 is 11.7 Å². The zero-order valence-electron chi connectivity index (χ0n) is 16.3.